The van der Waals surface area contributed by atoms with Crippen LogP contribution < -0.4 is 5.32 Å². The van der Waals surface area contributed by atoms with Crippen LogP contribution in [0.1, 0.15) is 35.2 Å². The van der Waals surface area contributed by atoms with Gasteiger partial charge in [0.1, 0.15) is 5.82 Å². The fraction of sp³-hybridized carbons (Fsp3) is 0.417. The number of benzene rings is 1. The predicted octanol–water partition coefficient (Wildman–Crippen LogP) is 2.42. The van der Waals surface area contributed by atoms with Crippen molar-refractivity contribution in [3.05, 3.63) is 35.1 Å². The van der Waals surface area contributed by atoms with Gasteiger partial charge in [0, 0.05) is 11.6 Å². The highest BCUT2D eigenvalue weighted by Crippen LogP contribution is 2.19. The van der Waals surface area contributed by atoms with Crippen LogP contribution in [0.3, 0.4) is 0 Å². The van der Waals surface area contributed by atoms with E-state index in [9.17, 15) is 9.18 Å². The van der Waals surface area contributed by atoms with Crippen molar-refractivity contribution >= 4 is 5.91 Å². The molecule has 0 bridgehead atoms. The van der Waals surface area contributed by atoms with Gasteiger partial charge >= 0.3 is 0 Å². The molecule has 1 saturated carbocycles. The molecular weight excluding hydrogens is 193 g/mol. The molecule has 3 heteroatoms. The molecule has 1 aromatic rings. The van der Waals surface area contributed by atoms with Crippen molar-refractivity contribution in [2.24, 2.45) is 0 Å². The van der Waals surface area contributed by atoms with E-state index in [0.717, 1.165) is 12.8 Å². The molecule has 0 aliphatic heterocycles. The molecule has 0 spiro atoms. The first-order chi connectivity index (χ1) is 7.16. The Labute approximate surface area is 88.5 Å². The number of nitrogens with one attached hydrogen (secondary N) is 1. The van der Waals surface area contributed by atoms with E-state index < -0.39 is 0 Å². The normalized spacial score (nSPS) is 15.9. The van der Waals surface area contributed by atoms with Gasteiger partial charge in [0.15, 0.2) is 0 Å². The van der Waals surface area contributed by atoms with Crippen molar-refractivity contribution in [1.82, 2.24) is 5.32 Å². The molecule has 0 unspecified atom stereocenters. The third kappa shape index (κ3) is 2.17. The van der Waals surface area contributed by atoms with Crippen LogP contribution >= 0.6 is 0 Å². The van der Waals surface area contributed by atoms with Crippen LogP contribution in [0.15, 0.2) is 18.2 Å². The highest BCUT2D eigenvalue weighted by atomic mass is 19.1. The summed E-state index contributed by atoms with van der Waals surface area (Å²) in [5, 5.41) is 2.92. The Kier molecular flexibility index (Phi) is 2.71. The Morgan fingerprint density at radius 3 is 2.73 bits per heavy atom. The molecule has 0 aromatic heterocycles. The summed E-state index contributed by atoms with van der Waals surface area (Å²) in [5.41, 5.74) is 1.05. The summed E-state index contributed by atoms with van der Waals surface area (Å²) in [4.78, 5) is 11.7. The summed E-state index contributed by atoms with van der Waals surface area (Å²) < 4.78 is 13.0. The molecular formula is C12H14FNO. The fourth-order valence-corrected chi connectivity index (χ4v) is 1.61. The molecule has 0 heterocycles. The number of carbonyl (C=O) groups is 1. The number of rotatable bonds is 2. The van der Waals surface area contributed by atoms with Crippen molar-refractivity contribution in [2.45, 2.75) is 32.2 Å². The van der Waals surface area contributed by atoms with E-state index in [1.54, 1.807) is 13.0 Å². The molecule has 1 N–H and O–H groups in total. The lowest BCUT2D eigenvalue weighted by Crippen LogP contribution is -2.39. The van der Waals surface area contributed by atoms with Gasteiger partial charge in [-0.25, -0.2) is 4.39 Å². The van der Waals surface area contributed by atoms with Gasteiger partial charge in [-0.1, -0.05) is 0 Å². The Hall–Kier alpha value is -1.38. The van der Waals surface area contributed by atoms with E-state index >= 15 is 0 Å². The standard InChI is InChI=1S/C12H14FNO/c1-8-7-9(5-6-11(8)13)12(15)14-10-3-2-4-10/h5-7,10H,2-4H2,1H3,(H,14,15). The van der Waals surface area contributed by atoms with Gasteiger partial charge in [-0.05, 0) is 49.9 Å². The molecule has 0 saturated heterocycles. The van der Waals surface area contributed by atoms with E-state index in [4.69, 9.17) is 0 Å². The molecule has 1 aliphatic carbocycles. The lowest BCUT2D eigenvalue weighted by molar-refractivity contribution is 0.0917. The largest absolute Gasteiger partial charge is 0.349 e. The van der Waals surface area contributed by atoms with Gasteiger partial charge in [0.2, 0.25) is 0 Å². The van der Waals surface area contributed by atoms with Crippen molar-refractivity contribution in [3.63, 3.8) is 0 Å². The number of amides is 1. The van der Waals surface area contributed by atoms with Gasteiger partial charge in [0.05, 0.1) is 0 Å². The molecule has 2 rings (SSSR count). The predicted molar refractivity (Wildman–Crippen MR) is 56.2 cm³/mol. The van der Waals surface area contributed by atoms with Crippen molar-refractivity contribution in [3.8, 4) is 0 Å². The lowest BCUT2D eigenvalue weighted by Gasteiger charge is -2.26. The highest BCUT2D eigenvalue weighted by molar-refractivity contribution is 5.94. The maximum Gasteiger partial charge on any atom is 0.251 e. The molecule has 80 valence electrons. The van der Waals surface area contributed by atoms with Gasteiger partial charge in [-0.3, -0.25) is 4.79 Å². The van der Waals surface area contributed by atoms with E-state index in [1.807, 2.05) is 0 Å². The molecule has 1 aromatic carbocycles. The molecule has 15 heavy (non-hydrogen) atoms. The molecule has 2 nitrogen and oxygen atoms in total. The molecule has 1 fully saturated rings. The number of aryl methyl sites for hydroxylation is 1. The monoisotopic (exact) mass is 207 g/mol. The van der Waals surface area contributed by atoms with Gasteiger partial charge < -0.3 is 5.32 Å². The zero-order valence-corrected chi connectivity index (χ0v) is 8.72. The summed E-state index contributed by atoms with van der Waals surface area (Å²) in [6.45, 7) is 1.66. The van der Waals surface area contributed by atoms with Gasteiger partial charge in [-0.15, -0.1) is 0 Å². The topological polar surface area (TPSA) is 29.1 Å². The third-order valence-electron chi connectivity index (χ3n) is 2.86. The minimum Gasteiger partial charge on any atom is -0.349 e. The molecule has 0 atom stereocenters. The average molecular weight is 207 g/mol. The summed E-state index contributed by atoms with van der Waals surface area (Å²) in [7, 11) is 0. The van der Waals surface area contributed by atoms with Crippen LogP contribution in [-0.4, -0.2) is 11.9 Å². The quantitative estimate of drug-likeness (QED) is 0.792. The second-order valence-electron chi connectivity index (χ2n) is 4.07. The summed E-state index contributed by atoms with van der Waals surface area (Å²) >= 11 is 0. The van der Waals surface area contributed by atoms with Crippen molar-refractivity contribution < 1.29 is 9.18 Å². The Balaban J connectivity index is 2.07. The summed E-state index contributed by atoms with van der Waals surface area (Å²) in [6.07, 6.45) is 3.31. The van der Waals surface area contributed by atoms with Gasteiger partial charge in [0.25, 0.3) is 5.91 Å². The second kappa shape index (κ2) is 4.01. The van der Waals surface area contributed by atoms with Gasteiger partial charge in [-0.2, -0.15) is 0 Å². The number of carbonyl (C=O) groups excluding carboxylic acids is 1. The number of halogens is 1. The smallest absolute Gasteiger partial charge is 0.251 e. The molecule has 1 aliphatic rings. The molecule has 0 radical (unpaired) electrons. The van der Waals surface area contributed by atoms with Crippen LogP contribution in [0.2, 0.25) is 0 Å². The van der Waals surface area contributed by atoms with E-state index in [-0.39, 0.29) is 11.7 Å². The van der Waals surface area contributed by atoms with Crippen molar-refractivity contribution in [2.75, 3.05) is 0 Å². The molecule has 1 amide bonds. The Morgan fingerprint density at radius 2 is 2.20 bits per heavy atom. The van der Waals surface area contributed by atoms with Crippen LogP contribution in [0.5, 0.6) is 0 Å². The maximum atomic E-state index is 13.0. The Morgan fingerprint density at radius 1 is 1.47 bits per heavy atom. The van der Waals surface area contributed by atoms with E-state index in [0.29, 0.717) is 17.2 Å². The first-order valence-electron chi connectivity index (χ1n) is 5.24. The zero-order valence-electron chi connectivity index (χ0n) is 8.72. The third-order valence-corrected chi connectivity index (χ3v) is 2.86. The maximum absolute atomic E-state index is 13.0. The number of hydrogen-bond donors (Lipinski definition) is 1. The average Bonchev–Trinajstić information content (AvgIpc) is 2.15. The van der Waals surface area contributed by atoms with E-state index in [2.05, 4.69) is 5.32 Å². The minimum absolute atomic E-state index is 0.0946. The number of hydrogen-bond acceptors (Lipinski definition) is 1. The van der Waals surface area contributed by atoms with Crippen LogP contribution in [0, 0.1) is 12.7 Å². The second-order valence-corrected chi connectivity index (χ2v) is 4.07. The van der Waals surface area contributed by atoms with E-state index in [1.165, 1.54) is 18.6 Å². The zero-order chi connectivity index (χ0) is 10.8. The first-order valence-corrected chi connectivity index (χ1v) is 5.24. The highest BCUT2D eigenvalue weighted by Gasteiger charge is 2.20. The lowest BCUT2D eigenvalue weighted by atomic mass is 9.93. The van der Waals surface area contributed by atoms with Crippen LogP contribution in [0.25, 0.3) is 0 Å². The fourth-order valence-electron chi connectivity index (χ4n) is 1.61. The SMILES string of the molecule is Cc1cc(C(=O)NC2CCC2)ccc1F. The first kappa shape index (κ1) is 10.1. The Bertz CT molecular complexity index is 385. The summed E-state index contributed by atoms with van der Waals surface area (Å²) in [6, 6.07) is 4.77. The van der Waals surface area contributed by atoms with Crippen molar-refractivity contribution in [1.29, 1.82) is 0 Å². The minimum atomic E-state index is -0.268. The summed E-state index contributed by atoms with van der Waals surface area (Å²) in [5.74, 6) is -0.363. The van der Waals surface area contributed by atoms with Crippen LogP contribution in [-0.2, 0) is 0 Å². The van der Waals surface area contributed by atoms with Crippen LogP contribution in [0.4, 0.5) is 4.39 Å².